The Hall–Kier alpha value is -3.21. The van der Waals surface area contributed by atoms with Crippen molar-refractivity contribution in [2.75, 3.05) is 65.0 Å². The van der Waals surface area contributed by atoms with Gasteiger partial charge < -0.3 is 24.2 Å². The number of methoxy groups -OCH3 is 1. The number of nitrogens with zero attached hydrogens (tertiary/aromatic N) is 5. The number of rotatable bonds is 7. The smallest absolute Gasteiger partial charge is 0.261 e. The first-order chi connectivity index (χ1) is 19.6. The molecule has 220 valence electrons. The third kappa shape index (κ3) is 5.40. The Labute approximate surface area is 245 Å². The Balaban J connectivity index is 1.63. The maximum absolute atomic E-state index is 15.1. The van der Waals surface area contributed by atoms with E-state index in [2.05, 4.69) is 37.3 Å². The Kier molecular flexibility index (Phi) is 8.27. The number of aromatic nitrogens is 1. The summed E-state index contributed by atoms with van der Waals surface area (Å²) in [5, 5.41) is 0.0897. The number of pyridine rings is 1. The van der Waals surface area contributed by atoms with Gasteiger partial charge in [0, 0.05) is 57.0 Å². The number of hydrogen-bond donors (Lipinski definition) is 0. The number of carbonyl (C=O) groups is 2. The van der Waals surface area contributed by atoms with Gasteiger partial charge in [-0.25, -0.2) is 9.37 Å². The summed E-state index contributed by atoms with van der Waals surface area (Å²) in [6.07, 6.45) is 2.10. The first-order valence-corrected chi connectivity index (χ1v) is 14.3. The summed E-state index contributed by atoms with van der Waals surface area (Å²) in [5.74, 6) is -0.303. The summed E-state index contributed by atoms with van der Waals surface area (Å²) in [4.78, 5) is 39.4. The minimum absolute atomic E-state index is 0.0897. The van der Waals surface area contributed by atoms with Gasteiger partial charge >= 0.3 is 0 Å². The molecule has 1 aromatic heterocycles. The average Bonchev–Trinajstić information content (AvgIpc) is 3.20. The van der Waals surface area contributed by atoms with Gasteiger partial charge in [0.2, 0.25) is 5.91 Å². The van der Waals surface area contributed by atoms with Crippen LogP contribution in [0.25, 0.3) is 11.3 Å². The molecule has 3 aliphatic rings. The predicted octanol–water partition coefficient (Wildman–Crippen LogP) is 3.71. The number of benzene rings is 1. The van der Waals surface area contributed by atoms with Gasteiger partial charge in [0.1, 0.15) is 28.8 Å². The van der Waals surface area contributed by atoms with Crippen LogP contribution in [0.5, 0.6) is 5.75 Å². The molecule has 0 N–H and O–H groups in total. The van der Waals surface area contributed by atoms with Crippen molar-refractivity contribution in [2.45, 2.75) is 37.9 Å². The van der Waals surface area contributed by atoms with Crippen LogP contribution in [-0.2, 0) is 9.53 Å². The second kappa shape index (κ2) is 11.6. The van der Waals surface area contributed by atoms with Crippen LogP contribution >= 0.6 is 11.6 Å². The Morgan fingerprint density at radius 2 is 2.07 bits per heavy atom. The minimum atomic E-state index is -0.471. The number of halogens is 2. The zero-order valence-electron chi connectivity index (χ0n) is 24.0. The van der Waals surface area contributed by atoms with E-state index in [1.54, 1.807) is 35.1 Å². The summed E-state index contributed by atoms with van der Waals surface area (Å²) in [6.45, 7) is 11.0. The molecule has 2 fully saturated rings. The van der Waals surface area contributed by atoms with Crippen molar-refractivity contribution in [3.05, 3.63) is 53.3 Å². The SMILES string of the molecule is C=CC(=O)N1CCN2C(=O)c3c(N4C[C@H](N(C)CCOC)CC4(C)C)nc(-c4ccccc4F)c(Cl)c3OC[C@H]2C1. The average molecular weight is 586 g/mol. The number of amides is 2. The number of piperazine rings is 1. The molecule has 2 aromatic rings. The molecule has 9 nitrogen and oxygen atoms in total. The molecule has 11 heteroatoms. The number of likely N-dealkylation sites (N-methyl/N-ethyl adjacent to an activating group) is 1. The highest BCUT2D eigenvalue weighted by molar-refractivity contribution is 6.35. The summed E-state index contributed by atoms with van der Waals surface area (Å²) >= 11 is 6.91. The standard InChI is InChI=1S/C30H37ClFN5O4/c1-6-23(38)35-11-12-36-20(16-35)18-41-27-24(29(36)39)28(33-26(25(27)31)21-9-7-8-10-22(21)32)37-17-19(15-30(37,2)3)34(4)13-14-40-5/h6-10,19-20H,1,11-18H2,2-5H3/t19-,20-/m1/s1. The molecule has 41 heavy (non-hydrogen) atoms. The van der Waals surface area contributed by atoms with E-state index in [-0.39, 0.29) is 63.6 Å². The van der Waals surface area contributed by atoms with Crippen LogP contribution in [0.2, 0.25) is 5.02 Å². The minimum Gasteiger partial charge on any atom is -0.489 e. The van der Waals surface area contributed by atoms with Crippen LogP contribution in [-0.4, -0.2) is 109 Å². The van der Waals surface area contributed by atoms with E-state index in [9.17, 15) is 9.59 Å². The first-order valence-electron chi connectivity index (χ1n) is 13.9. The number of hydrogen-bond acceptors (Lipinski definition) is 7. The van der Waals surface area contributed by atoms with E-state index in [1.807, 2.05) is 0 Å². The van der Waals surface area contributed by atoms with Crippen molar-refractivity contribution < 1.29 is 23.5 Å². The topological polar surface area (TPSA) is 78.5 Å². The largest absolute Gasteiger partial charge is 0.489 e. The van der Waals surface area contributed by atoms with E-state index in [0.29, 0.717) is 38.6 Å². The summed E-state index contributed by atoms with van der Waals surface area (Å²) in [7, 11) is 3.74. The van der Waals surface area contributed by atoms with Gasteiger partial charge in [-0.05, 0) is 45.5 Å². The van der Waals surface area contributed by atoms with Gasteiger partial charge in [0.05, 0.1) is 18.3 Å². The van der Waals surface area contributed by atoms with Gasteiger partial charge in [-0.2, -0.15) is 0 Å². The lowest BCUT2D eigenvalue weighted by molar-refractivity contribution is -0.128. The van der Waals surface area contributed by atoms with Gasteiger partial charge in [-0.3, -0.25) is 14.5 Å². The normalized spacial score (nSPS) is 21.8. The van der Waals surface area contributed by atoms with Crippen LogP contribution in [0.4, 0.5) is 10.2 Å². The van der Waals surface area contributed by atoms with Crippen molar-refractivity contribution in [2.24, 2.45) is 0 Å². The summed E-state index contributed by atoms with van der Waals surface area (Å²) < 4.78 is 26.7. The first kappa shape index (κ1) is 29.3. The Morgan fingerprint density at radius 1 is 1.32 bits per heavy atom. The molecule has 0 bridgehead atoms. The quantitative estimate of drug-likeness (QED) is 0.459. The van der Waals surface area contributed by atoms with Crippen molar-refractivity contribution in [1.29, 1.82) is 0 Å². The Morgan fingerprint density at radius 3 is 2.78 bits per heavy atom. The number of fused-ring (bicyclic) bond motifs is 2. The number of ether oxygens (including phenoxy) is 2. The molecule has 2 amide bonds. The van der Waals surface area contributed by atoms with Crippen LogP contribution < -0.4 is 9.64 Å². The molecule has 3 aliphatic heterocycles. The highest BCUT2D eigenvalue weighted by Crippen LogP contribution is 2.47. The molecule has 0 spiro atoms. The highest BCUT2D eigenvalue weighted by atomic mass is 35.5. The van der Waals surface area contributed by atoms with Crippen LogP contribution in [0.1, 0.15) is 30.6 Å². The molecule has 0 radical (unpaired) electrons. The van der Waals surface area contributed by atoms with Crippen molar-refractivity contribution in [1.82, 2.24) is 19.7 Å². The maximum Gasteiger partial charge on any atom is 0.261 e. The molecule has 4 heterocycles. The highest BCUT2D eigenvalue weighted by Gasteiger charge is 2.46. The van der Waals surface area contributed by atoms with Gasteiger partial charge in [0.15, 0.2) is 5.75 Å². The molecular weight excluding hydrogens is 549 g/mol. The molecule has 2 saturated heterocycles. The monoisotopic (exact) mass is 585 g/mol. The third-order valence-corrected chi connectivity index (χ3v) is 8.81. The number of anilines is 1. The Bertz CT molecular complexity index is 1350. The molecule has 0 aliphatic carbocycles. The zero-order valence-corrected chi connectivity index (χ0v) is 24.8. The van der Waals surface area contributed by atoms with E-state index >= 15 is 4.39 Å². The molecule has 0 saturated carbocycles. The van der Waals surface area contributed by atoms with E-state index in [1.165, 1.54) is 12.1 Å². The van der Waals surface area contributed by atoms with E-state index in [0.717, 1.165) is 13.0 Å². The second-order valence-electron chi connectivity index (χ2n) is 11.5. The lowest BCUT2D eigenvalue weighted by atomic mass is 9.98. The fraction of sp³-hybridized carbons (Fsp3) is 0.500. The molecule has 0 unspecified atom stereocenters. The molecule has 5 rings (SSSR count). The number of carbonyl (C=O) groups excluding carboxylic acids is 2. The molecule has 1 aromatic carbocycles. The summed E-state index contributed by atoms with van der Waals surface area (Å²) in [5.41, 5.74) is 0.345. The van der Waals surface area contributed by atoms with E-state index < -0.39 is 5.82 Å². The molecule has 2 atom stereocenters. The maximum atomic E-state index is 15.1. The van der Waals surface area contributed by atoms with Gasteiger partial charge in [-0.15, -0.1) is 0 Å². The van der Waals surface area contributed by atoms with E-state index in [4.69, 9.17) is 26.1 Å². The lowest BCUT2D eigenvalue weighted by Gasteiger charge is -2.40. The van der Waals surface area contributed by atoms with Crippen LogP contribution in [0.3, 0.4) is 0 Å². The van der Waals surface area contributed by atoms with Gasteiger partial charge in [0.25, 0.3) is 5.91 Å². The van der Waals surface area contributed by atoms with Crippen molar-refractivity contribution in [3.63, 3.8) is 0 Å². The predicted molar refractivity (Wildman–Crippen MR) is 156 cm³/mol. The lowest BCUT2D eigenvalue weighted by Crippen LogP contribution is -2.57. The fourth-order valence-corrected chi connectivity index (χ4v) is 6.39. The summed E-state index contributed by atoms with van der Waals surface area (Å²) in [6, 6.07) is 6.10. The zero-order chi connectivity index (χ0) is 29.5. The fourth-order valence-electron chi connectivity index (χ4n) is 6.10. The van der Waals surface area contributed by atoms with Crippen molar-refractivity contribution in [3.8, 4) is 17.0 Å². The van der Waals surface area contributed by atoms with Crippen LogP contribution in [0.15, 0.2) is 36.9 Å². The van der Waals surface area contributed by atoms with Crippen molar-refractivity contribution >= 4 is 29.2 Å². The van der Waals surface area contributed by atoms with Crippen LogP contribution in [0, 0.1) is 5.82 Å². The van der Waals surface area contributed by atoms with Gasteiger partial charge in [-0.1, -0.05) is 30.3 Å². The second-order valence-corrected chi connectivity index (χ2v) is 11.9. The third-order valence-electron chi connectivity index (χ3n) is 8.45. The molecular formula is C30H37ClFN5O4.